The van der Waals surface area contributed by atoms with Crippen molar-refractivity contribution >= 4 is 11.5 Å². The van der Waals surface area contributed by atoms with E-state index in [1.165, 1.54) is 10.8 Å². The van der Waals surface area contributed by atoms with Gasteiger partial charge in [0.25, 0.3) is 0 Å². The predicted octanol–water partition coefficient (Wildman–Crippen LogP) is 1.42. The lowest BCUT2D eigenvalue weighted by Gasteiger charge is -2.07. The minimum absolute atomic E-state index is 0.205. The summed E-state index contributed by atoms with van der Waals surface area (Å²) in [7, 11) is 0. The highest BCUT2D eigenvalue weighted by molar-refractivity contribution is 5.37. The van der Waals surface area contributed by atoms with E-state index in [4.69, 9.17) is 0 Å². The third-order valence-corrected chi connectivity index (χ3v) is 2.79. The van der Waals surface area contributed by atoms with Crippen LogP contribution >= 0.6 is 0 Å². The molecular weight excluding hydrogens is 274 g/mol. The van der Waals surface area contributed by atoms with Gasteiger partial charge in [0, 0.05) is 12.7 Å². The second kappa shape index (κ2) is 6.60. The first-order valence-electron chi connectivity index (χ1n) is 6.50. The van der Waals surface area contributed by atoms with Crippen molar-refractivity contribution in [2.24, 2.45) is 0 Å². The summed E-state index contributed by atoms with van der Waals surface area (Å²) in [6.07, 6.45) is 4.75. The SMILES string of the molecule is CCCNc1cc(Cn2cc([N+](=O)[O-])cnc2=O)ccn1. The summed E-state index contributed by atoms with van der Waals surface area (Å²) in [4.78, 5) is 29.5. The van der Waals surface area contributed by atoms with Crippen LogP contribution in [0.1, 0.15) is 18.9 Å². The zero-order chi connectivity index (χ0) is 15.2. The van der Waals surface area contributed by atoms with E-state index in [0.717, 1.165) is 24.7 Å². The Labute approximate surface area is 120 Å². The summed E-state index contributed by atoms with van der Waals surface area (Å²) in [6, 6.07) is 3.56. The van der Waals surface area contributed by atoms with Crippen molar-refractivity contribution < 1.29 is 4.92 Å². The number of aromatic nitrogens is 3. The summed E-state index contributed by atoms with van der Waals surface area (Å²) < 4.78 is 1.21. The van der Waals surface area contributed by atoms with Crippen molar-refractivity contribution in [3.05, 3.63) is 56.9 Å². The van der Waals surface area contributed by atoms with Gasteiger partial charge in [0.15, 0.2) is 0 Å². The summed E-state index contributed by atoms with van der Waals surface area (Å²) in [5, 5.41) is 13.9. The van der Waals surface area contributed by atoms with Crippen LogP contribution in [0.15, 0.2) is 35.5 Å². The Morgan fingerprint density at radius 1 is 1.43 bits per heavy atom. The molecule has 0 aliphatic heterocycles. The Bertz CT molecular complexity index is 698. The molecule has 0 fully saturated rings. The average Bonchev–Trinajstić information content (AvgIpc) is 2.47. The van der Waals surface area contributed by atoms with Crippen molar-refractivity contribution in [1.82, 2.24) is 14.5 Å². The highest BCUT2D eigenvalue weighted by Gasteiger charge is 2.09. The van der Waals surface area contributed by atoms with E-state index in [9.17, 15) is 14.9 Å². The van der Waals surface area contributed by atoms with Crippen LogP contribution in [-0.2, 0) is 6.54 Å². The van der Waals surface area contributed by atoms with Gasteiger partial charge in [0.2, 0.25) is 0 Å². The highest BCUT2D eigenvalue weighted by Crippen LogP contribution is 2.10. The van der Waals surface area contributed by atoms with Gasteiger partial charge in [-0.05, 0) is 24.1 Å². The highest BCUT2D eigenvalue weighted by atomic mass is 16.6. The lowest BCUT2D eigenvalue weighted by Crippen LogP contribution is -2.23. The lowest BCUT2D eigenvalue weighted by atomic mass is 10.2. The smallest absolute Gasteiger partial charge is 0.348 e. The summed E-state index contributed by atoms with van der Waals surface area (Å²) >= 11 is 0. The number of nitro groups is 1. The summed E-state index contributed by atoms with van der Waals surface area (Å²) in [5.41, 5.74) is 0.0708. The number of hydrogen-bond acceptors (Lipinski definition) is 6. The van der Waals surface area contributed by atoms with Gasteiger partial charge in [-0.3, -0.25) is 14.7 Å². The number of rotatable bonds is 6. The number of nitrogens with one attached hydrogen (secondary N) is 1. The van der Waals surface area contributed by atoms with E-state index in [2.05, 4.69) is 15.3 Å². The molecule has 110 valence electrons. The molecule has 0 amide bonds. The normalized spacial score (nSPS) is 10.3. The molecule has 2 aromatic rings. The van der Waals surface area contributed by atoms with Crippen molar-refractivity contribution in [2.75, 3.05) is 11.9 Å². The minimum Gasteiger partial charge on any atom is -0.370 e. The lowest BCUT2D eigenvalue weighted by molar-refractivity contribution is -0.385. The van der Waals surface area contributed by atoms with Gasteiger partial charge in [-0.2, -0.15) is 4.98 Å². The van der Waals surface area contributed by atoms with E-state index in [1.807, 2.05) is 6.92 Å². The predicted molar refractivity (Wildman–Crippen MR) is 77.3 cm³/mol. The van der Waals surface area contributed by atoms with Crippen molar-refractivity contribution in [1.29, 1.82) is 0 Å². The van der Waals surface area contributed by atoms with Crippen LogP contribution in [0, 0.1) is 10.1 Å². The molecule has 0 atom stereocenters. The zero-order valence-electron chi connectivity index (χ0n) is 11.5. The number of pyridine rings is 1. The Kier molecular flexibility index (Phi) is 4.60. The molecule has 0 aromatic carbocycles. The fourth-order valence-electron chi connectivity index (χ4n) is 1.77. The molecular formula is C13H15N5O3. The molecule has 8 heteroatoms. The maximum Gasteiger partial charge on any atom is 0.348 e. The van der Waals surface area contributed by atoms with E-state index in [1.54, 1.807) is 18.3 Å². The summed E-state index contributed by atoms with van der Waals surface area (Å²) in [5.74, 6) is 0.709. The third kappa shape index (κ3) is 3.85. The van der Waals surface area contributed by atoms with Crippen molar-refractivity contribution in [2.45, 2.75) is 19.9 Å². The molecule has 2 heterocycles. The fourth-order valence-corrected chi connectivity index (χ4v) is 1.77. The first-order chi connectivity index (χ1) is 10.1. The average molecular weight is 289 g/mol. The van der Waals surface area contributed by atoms with Crippen LogP contribution < -0.4 is 11.0 Å². The zero-order valence-corrected chi connectivity index (χ0v) is 11.5. The first-order valence-corrected chi connectivity index (χ1v) is 6.50. The first kappa shape index (κ1) is 14.6. The minimum atomic E-state index is -0.580. The Morgan fingerprint density at radius 2 is 2.24 bits per heavy atom. The third-order valence-electron chi connectivity index (χ3n) is 2.79. The molecule has 0 aliphatic rings. The van der Waals surface area contributed by atoms with E-state index < -0.39 is 10.6 Å². The maximum absolute atomic E-state index is 11.7. The van der Waals surface area contributed by atoms with Gasteiger partial charge >= 0.3 is 11.4 Å². The molecule has 8 nitrogen and oxygen atoms in total. The van der Waals surface area contributed by atoms with Crippen LogP contribution in [-0.4, -0.2) is 26.0 Å². The van der Waals surface area contributed by atoms with Crippen LogP contribution in [0.4, 0.5) is 11.5 Å². The van der Waals surface area contributed by atoms with E-state index >= 15 is 0 Å². The van der Waals surface area contributed by atoms with Gasteiger partial charge in [0.1, 0.15) is 12.0 Å². The molecule has 2 rings (SSSR count). The molecule has 0 bridgehead atoms. The van der Waals surface area contributed by atoms with Crippen LogP contribution in [0.2, 0.25) is 0 Å². The van der Waals surface area contributed by atoms with Gasteiger partial charge < -0.3 is 5.32 Å². The monoisotopic (exact) mass is 289 g/mol. The van der Waals surface area contributed by atoms with Crippen molar-refractivity contribution in [3.63, 3.8) is 0 Å². The molecule has 0 spiro atoms. The van der Waals surface area contributed by atoms with Gasteiger partial charge in [-0.1, -0.05) is 6.92 Å². The molecule has 0 saturated carbocycles. The standard InChI is InChI=1S/C13H15N5O3/c1-2-4-14-12-6-10(3-5-15-12)8-17-9-11(18(20)21)7-16-13(17)19/h3,5-7,9H,2,4,8H2,1H3,(H,14,15). The second-order valence-electron chi connectivity index (χ2n) is 4.46. The Hall–Kier alpha value is -2.77. The van der Waals surface area contributed by atoms with Gasteiger partial charge in [-0.25, -0.2) is 9.78 Å². The van der Waals surface area contributed by atoms with Gasteiger partial charge in [0.05, 0.1) is 17.7 Å². The molecule has 1 N–H and O–H groups in total. The van der Waals surface area contributed by atoms with Gasteiger partial charge in [-0.15, -0.1) is 0 Å². The number of anilines is 1. The second-order valence-corrected chi connectivity index (χ2v) is 4.46. The van der Waals surface area contributed by atoms with E-state index in [-0.39, 0.29) is 12.2 Å². The fraction of sp³-hybridized carbons (Fsp3) is 0.308. The molecule has 0 aliphatic carbocycles. The Morgan fingerprint density at radius 3 is 2.95 bits per heavy atom. The molecule has 0 saturated heterocycles. The topological polar surface area (TPSA) is 103 Å². The molecule has 0 radical (unpaired) electrons. The maximum atomic E-state index is 11.7. The van der Waals surface area contributed by atoms with Crippen LogP contribution in [0.5, 0.6) is 0 Å². The largest absolute Gasteiger partial charge is 0.370 e. The van der Waals surface area contributed by atoms with E-state index in [0.29, 0.717) is 5.82 Å². The van der Waals surface area contributed by atoms with Crippen LogP contribution in [0.25, 0.3) is 0 Å². The van der Waals surface area contributed by atoms with Crippen molar-refractivity contribution in [3.8, 4) is 0 Å². The molecule has 21 heavy (non-hydrogen) atoms. The quantitative estimate of drug-likeness (QED) is 0.637. The molecule has 0 unspecified atom stereocenters. The Balaban J connectivity index is 2.23. The number of hydrogen-bond donors (Lipinski definition) is 1. The summed E-state index contributed by atoms with van der Waals surface area (Å²) in [6.45, 7) is 3.05. The molecule has 2 aromatic heterocycles. The van der Waals surface area contributed by atoms with Crippen LogP contribution in [0.3, 0.4) is 0 Å². The number of nitrogens with zero attached hydrogens (tertiary/aromatic N) is 4.